The quantitative estimate of drug-likeness (QED) is 0.748. The first-order valence-corrected chi connectivity index (χ1v) is 6.41. The Bertz CT molecular complexity index is 306. The molecule has 2 amide bonds. The standard InChI is InChI=1S/C12H20N2O3/c1-2-3-6-17-12(16)14-5-4-10-9(8-14)7-13-11(10)15/h9-10H,2-8H2,1H3,(H,13,15)/t9-,10+/m1/s1. The first-order chi connectivity index (χ1) is 8.22. The van der Waals surface area contributed by atoms with Gasteiger partial charge in [0.25, 0.3) is 0 Å². The van der Waals surface area contributed by atoms with E-state index in [-0.39, 0.29) is 23.8 Å². The summed E-state index contributed by atoms with van der Waals surface area (Å²) in [5.74, 6) is 0.527. The van der Waals surface area contributed by atoms with Gasteiger partial charge in [0.05, 0.1) is 6.61 Å². The molecule has 96 valence electrons. The minimum atomic E-state index is -0.226. The molecule has 0 aromatic heterocycles. The fourth-order valence-corrected chi connectivity index (χ4v) is 2.51. The Morgan fingerprint density at radius 1 is 1.59 bits per heavy atom. The lowest BCUT2D eigenvalue weighted by Gasteiger charge is -2.32. The molecule has 5 nitrogen and oxygen atoms in total. The molecule has 2 heterocycles. The molecule has 2 aliphatic rings. The molecule has 17 heavy (non-hydrogen) atoms. The zero-order valence-corrected chi connectivity index (χ0v) is 10.3. The Kier molecular flexibility index (Phi) is 3.86. The van der Waals surface area contributed by atoms with Crippen LogP contribution in [0, 0.1) is 11.8 Å². The van der Waals surface area contributed by atoms with Gasteiger partial charge >= 0.3 is 6.09 Å². The second-order valence-electron chi connectivity index (χ2n) is 4.81. The van der Waals surface area contributed by atoms with Gasteiger partial charge in [0.15, 0.2) is 0 Å². The highest BCUT2D eigenvalue weighted by Gasteiger charge is 2.40. The summed E-state index contributed by atoms with van der Waals surface area (Å²) in [6.07, 6.45) is 2.47. The topological polar surface area (TPSA) is 58.6 Å². The molecule has 0 aromatic carbocycles. The van der Waals surface area contributed by atoms with Crippen LogP contribution in [0.2, 0.25) is 0 Å². The van der Waals surface area contributed by atoms with Gasteiger partial charge in [-0.25, -0.2) is 4.79 Å². The van der Waals surface area contributed by atoms with Gasteiger partial charge in [-0.05, 0) is 12.8 Å². The van der Waals surface area contributed by atoms with Crippen molar-refractivity contribution in [3.8, 4) is 0 Å². The van der Waals surface area contributed by atoms with Crippen molar-refractivity contribution in [2.45, 2.75) is 26.2 Å². The molecular formula is C12H20N2O3. The number of amides is 2. The van der Waals surface area contributed by atoms with E-state index in [1.165, 1.54) is 0 Å². The third kappa shape index (κ3) is 2.70. The van der Waals surface area contributed by atoms with E-state index in [2.05, 4.69) is 12.2 Å². The second-order valence-corrected chi connectivity index (χ2v) is 4.81. The monoisotopic (exact) mass is 240 g/mol. The summed E-state index contributed by atoms with van der Waals surface area (Å²) >= 11 is 0. The van der Waals surface area contributed by atoms with Gasteiger partial charge in [-0.1, -0.05) is 13.3 Å². The zero-order valence-electron chi connectivity index (χ0n) is 10.3. The van der Waals surface area contributed by atoms with Crippen LogP contribution in [-0.4, -0.2) is 43.1 Å². The number of nitrogens with one attached hydrogen (secondary N) is 1. The van der Waals surface area contributed by atoms with E-state index in [9.17, 15) is 9.59 Å². The predicted octanol–water partition coefficient (Wildman–Crippen LogP) is 0.991. The third-order valence-electron chi connectivity index (χ3n) is 3.59. The Balaban J connectivity index is 1.80. The molecule has 0 bridgehead atoms. The molecule has 5 heteroatoms. The van der Waals surface area contributed by atoms with Gasteiger partial charge in [0, 0.05) is 31.5 Å². The summed E-state index contributed by atoms with van der Waals surface area (Å²) in [5, 5.41) is 2.86. The summed E-state index contributed by atoms with van der Waals surface area (Å²) in [6.45, 7) is 4.54. The van der Waals surface area contributed by atoms with Crippen molar-refractivity contribution in [1.82, 2.24) is 10.2 Å². The number of carbonyl (C=O) groups excluding carboxylic acids is 2. The molecule has 2 aliphatic heterocycles. The van der Waals surface area contributed by atoms with Crippen molar-refractivity contribution >= 4 is 12.0 Å². The molecule has 0 spiro atoms. The molecule has 0 aromatic rings. The van der Waals surface area contributed by atoms with E-state index in [1.807, 2.05) is 0 Å². The molecular weight excluding hydrogens is 220 g/mol. The smallest absolute Gasteiger partial charge is 0.409 e. The van der Waals surface area contributed by atoms with Crippen molar-refractivity contribution in [3.05, 3.63) is 0 Å². The number of hydrogen-bond acceptors (Lipinski definition) is 3. The van der Waals surface area contributed by atoms with Gasteiger partial charge in [-0.15, -0.1) is 0 Å². The Hall–Kier alpha value is -1.26. The van der Waals surface area contributed by atoms with Crippen molar-refractivity contribution in [2.24, 2.45) is 11.8 Å². The van der Waals surface area contributed by atoms with Crippen LogP contribution in [0.3, 0.4) is 0 Å². The van der Waals surface area contributed by atoms with Crippen LogP contribution in [0.25, 0.3) is 0 Å². The van der Waals surface area contributed by atoms with Crippen LogP contribution in [0.5, 0.6) is 0 Å². The van der Waals surface area contributed by atoms with Crippen LogP contribution in [0.15, 0.2) is 0 Å². The van der Waals surface area contributed by atoms with Crippen molar-refractivity contribution < 1.29 is 14.3 Å². The summed E-state index contributed by atoms with van der Waals surface area (Å²) in [4.78, 5) is 24.9. The lowest BCUT2D eigenvalue weighted by molar-refractivity contribution is -0.123. The molecule has 0 saturated carbocycles. The van der Waals surface area contributed by atoms with Gasteiger partial charge in [-0.2, -0.15) is 0 Å². The van der Waals surface area contributed by atoms with Crippen molar-refractivity contribution in [3.63, 3.8) is 0 Å². The van der Waals surface area contributed by atoms with Crippen LogP contribution in [0.1, 0.15) is 26.2 Å². The average Bonchev–Trinajstić information content (AvgIpc) is 2.71. The number of likely N-dealkylation sites (tertiary alicyclic amines) is 1. The van der Waals surface area contributed by atoms with Gasteiger partial charge in [0.2, 0.25) is 5.91 Å². The highest BCUT2D eigenvalue weighted by Crippen LogP contribution is 2.27. The largest absolute Gasteiger partial charge is 0.449 e. The van der Waals surface area contributed by atoms with Crippen LogP contribution < -0.4 is 5.32 Å². The Morgan fingerprint density at radius 2 is 2.41 bits per heavy atom. The highest BCUT2D eigenvalue weighted by atomic mass is 16.6. The number of ether oxygens (including phenoxy) is 1. The third-order valence-corrected chi connectivity index (χ3v) is 3.59. The SMILES string of the molecule is CCCCOC(=O)N1CC[C@@H]2C(=O)NC[C@@H]2C1. The molecule has 2 rings (SSSR count). The van der Waals surface area contributed by atoms with E-state index in [1.54, 1.807) is 4.90 Å². The first-order valence-electron chi connectivity index (χ1n) is 6.41. The molecule has 2 saturated heterocycles. The van der Waals surface area contributed by atoms with Gasteiger partial charge in [0.1, 0.15) is 0 Å². The first kappa shape index (κ1) is 12.2. The molecule has 0 radical (unpaired) electrons. The zero-order chi connectivity index (χ0) is 12.3. The fourth-order valence-electron chi connectivity index (χ4n) is 2.51. The number of unbranched alkanes of at least 4 members (excludes halogenated alkanes) is 1. The maximum atomic E-state index is 11.7. The number of hydrogen-bond donors (Lipinski definition) is 1. The van der Waals surface area contributed by atoms with E-state index < -0.39 is 0 Å². The predicted molar refractivity (Wildman–Crippen MR) is 62.4 cm³/mol. The average molecular weight is 240 g/mol. The summed E-state index contributed by atoms with van der Waals surface area (Å²) < 4.78 is 5.18. The van der Waals surface area contributed by atoms with E-state index in [4.69, 9.17) is 4.74 Å². The highest BCUT2D eigenvalue weighted by molar-refractivity contribution is 5.81. The van der Waals surface area contributed by atoms with E-state index in [0.717, 1.165) is 19.3 Å². The number of nitrogens with zero attached hydrogens (tertiary/aromatic N) is 1. The summed E-state index contributed by atoms with van der Waals surface area (Å²) in [7, 11) is 0. The molecule has 0 aliphatic carbocycles. The summed E-state index contributed by atoms with van der Waals surface area (Å²) in [6, 6.07) is 0. The lowest BCUT2D eigenvalue weighted by atomic mass is 9.88. The maximum Gasteiger partial charge on any atom is 0.409 e. The Labute approximate surface area is 101 Å². The number of piperidine rings is 1. The van der Waals surface area contributed by atoms with Gasteiger partial charge < -0.3 is 15.0 Å². The maximum absolute atomic E-state index is 11.7. The van der Waals surface area contributed by atoms with Gasteiger partial charge in [-0.3, -0.25) is 4.79 Å². The molecule has 0 unspecified atom stereocenters. The van der Waals surface area contributed by atoms with Crippen LogP contribution in [0.4, 0.5) is 4.79 Å². The minimum absolute atomic E-state index is 0.106. The Morgan fingerprint density at radius 3 is 3.18 bits per heavy atom. The van der Waals surface area contributed by atoms with E-state index >= 15 is 0 Å². The van der Waals surface area contributed by atoms with Crippen molar-refractivity contribution in [2.75, 3.05) is 26.2 Å². The normalized spacial score (nSPS) is 27.6. The van der Waals surface area contributed by atoms with Crippen LogP contribution >= 0.6 is 0 Å². The number of carbonyl (C=O) groups is 2. The molecule has 1 N–H and O–H groups in total. The van der Waals surface area contributed by atoms with Crippen LogP contribution in [-0.2, 0) is 9.53 Å². The van der Waals surface area contributed by atoms with Crippen molar-refractivity contribution in [1.29, 1.82) is 0 Å². The molecule has 2 atom stereocenters. The molecule has 2 fully saturated rings. The number of rotatable bonds is 3. The second kappa shape index (κ2) is 5.38. The summed E-state index contributed by atoms with van der Waals surface area (Å²) in [5.41, 5.74) is 0. The lowest BCUT2D eigenvalue weighted by Crippen LogP contribution is -2.44. The van der Waals surface area contributed by atoms with E-state index in [0.29, 0.717) is 26.2 Å². The number of fused-ring (bicyclic) bond motifs is 1. The fraction of sp³-hybridized carbons (Fsp3) is 0.833. The minimum Gasteiger partial charge on any atom is -0.449 e.